The Hall–Kier alpha value is -1.56. The topological polar surface area (TPSA) is 50.2 Å². The maximum atomic E-state index is 12.8. The third kappa shape index (κ3) is 3.86. The van der Waals surface area contributed by atoms with Crippen molar-refractivity contribution in [2.24, 2.45) is 0 Å². The standard InChI is InChI=1S/C16H19ClN4O.ClH/c1-2-20-11-13(9-19-20)16(22)21-7-6-18-10-15(21)12-4-3-5-14(17)8-12;/h3-5,8-9,11,15,18H,2,6-7,10H2,1H3;1H. The molecule has 7 heteroatoms. The van der Waals surface area contributed by atoms with Crippen LogP contribution in [0.25, 0.3) is 0 Å². The monoisotopic (exact) mass is 354 g/mol. The van der Waals surface area contributed by atoms with Crippen LogP contribution in [-0.4, -0.2) is 40.2 Å². The number of piperazine rings is 1. The summed E-state index contributed by atoms with van der Waals surface area (Å²) in [4.78, 5) is 14.7. The SMILES string of the molecule is CCn1cc(C(=O)N2CCNCC2c2cccc(Cl)c2)cn1.Cl. The van der Waals surface area contributed by atoms with Crippen LogP contribution in [0.15, 0.2) is 36.7 Å². The summed E-state index contributed by atoms with van der Waals surface area (Å²) in [6.45, 7) is 4.96. The first-order valence-electron chi connectivity index (χ1n) is 7.48. The van der Waals surface area contributed by atoms with Gasteiger partial charge in [0.05, 0.1) is 17.8 Å². The number of rotatable bonds is 3. The van der Waals surface area contributed by atoms with E-state index in [-0.39, 0.29) is 24.4 Å². The average Bonchev–Trinajstić information content (AvgIpc) is 3.03. The van der Waals surface area contributed by atoms with Crippen molar-refractivity contribution in [1.82, 2.24) is 20.0 Å². The predicted molar refractivity (Wildman–Crippen MR) is 93.2 cm³/mol. The zero-order valence-corrected chi connectivity index (χ0v) is 14.5. The number of halogens is 2. The molecule has 1 aromatic heterocycles. The Balaban J connectivity index is 0.00000192. The lowest BCUT2D eigenvalue weighted by Crippen LogP contribution is -2.48. The summed E-state index contributed by atoms with van der Waals surface area (Å²) in [6, 6.07) is 7.70. The molecule has 1 aliphatic rings. The molecule has 5 nitrogen and oxygen atoms in total. The van der Waals surface area contributed by atoms with Crippen LogP contribution in [0, 0.1) is 0 Å². The Labute approximate surface area is 147 Å². The Bertz CT molecular complexity index is 674. The number of nitrogens with zero attached hydrogens (tertiary/aromatic N) is 3. The van der Waals surface area contributed by atoms with Crippen LogP contribution in [0.5, 0.6) is 0 Å². The Morgan fingerprint density at radius 1 is 1.48 bits per heavy atom. The van der Waals surface area contributed by atoms with Crippen LogP contribution in [0.1, 0.15) is 28.9 Å². The van der Waals surface area contributed by atoms with E-state index in [9.17, 15) is 4.79 Å². The zero-order valence-electron chi connectivity index (χ0n) is 12.9. The number of benzene rings is 1. The molecule has 1 amide bonds. The van der Waals surface area contributed by atoms with E-state index in [1.165, 1.54) is 0 Å². The van der Waals surface area contributed by atoms with Crippen molar-refractivity contribution < 1.29 is 4.79 Å². The molecule has 0 bridgehead atoms. The molecule has 1 atom stereocenters. The second kappa shape index (κ2) is 7.81. The number of carbonyl (C=O) groups is 1. The van der Waals surface area contributed by atoms with Crippen LogP contribution in [0.2, 0.25) is 5.02 Å². The number of nitrogens with one attached hydrogen (secondary N) is 1. The molecule has 0 spiro atoms. The van der Waals surface area contributed by atoms with Crippen molar-refractivity contribution >= 4 is 29.9 Å². The molecule has 2 aromatic rings. The van der Waals surface area contributed by atoms with Crippen LogP contribution < -0.4 is 5.32 Å². The van der Waals surface area contributed by atoms with Crippen molar-refractivity contribution in [3.05, 3.63) is 52.8 Å². The van der Waals surface area contributed by atoms with Crippen LogP contribution in [0.4, 0.5) is 0 Å². The van der Waals surface area contributed by atoms with Gasteiger partial charge in [0.15, 0.2) is 0 Å². The van der Waals surface area contributed by atoms with E-state index >= 15 is 0 Å². The maximum absolute atomic E-state index is 12.8. The average molecular weight is 355 g/mol. The van der Waals surface area contributed by atoms with Gasteiger partial charge in [0.2, 0.25) is 0 Å². The molecule has 3 rings (SSSR count). The summed E-state index contributed by atoms with van der Waals surface area (Å²) < 4.78 is 1.77. The molecular formula is C16H20Cl2N4O. The third-order valence-corrected chi connectivity index (χ3v) is 4.18. The summed E-state index contributed by atoms with van der Waals surface area (Å²) in [6.07, 6.45) is 3.45. The molecule has 23 heavy (non-hydrogen) atoms. The van der Waals surface area contributed by atoms with Gasteiger partial charge in [-0.3, -0.25) is 9.48 Å². The predicted octanol–water partition coefficient (Wildman–Crippen LogP) is 2.76. The molecule has 1 saturated heterocycles. The molecule has 1 aromatic carbocycles. The number of hydrogen-bond donors (Lipinski definition) is 1. The second-order valence-electron chi connectivity index (χ2n) is 5.36. The molecule has 1 N–H and O–H groups in total. The number of hydrogen-bond acceptors (Lipinski definition) is 3. The largest absolute Gasteiger partial charge is 0.329 e. The first-order chi connectivity index (χ1) is 10.7. The molecule has 124 valence electrons. The van der Waals surface area contributed by atoms with E-state index in [4.69, 9.17) is 11.6 Å². The number of aryl methyl sites for hydroxylation is 1. The van der Waals surface area contributed by atoms with Gasteiger partial charge in [0.1, 0.15) is 0 Å². The van der Waals surface area contributed by atoms with Crippen molar-refractivity contribution in [2.75, 3.05) is 19.6 Å². The molecule has 1 fully saturated rings. The smallest absolute Gasteiger partial charge is 0.257 e. The fraction of sp³-hybridized carbons (Fsp3) is 0.375. The molecule has 1 aliphatic heterocycles. The van der Waals surface area contributed by atoms with Gasteiger partial charge in [0.25, 0.3) is 5.91 Å². The van der Waals surface area contributed by atoms with Gasteiger partial charge in [-0.2, -0.15) is 5.10 Å². The summed E-state index contributed by atoms with van der Waals surface area (Å²) in [7, 11) is 0. The van der Waals surface area contributed by atoms with Crippen LogP contribution in [0.3, 0.4) is 0 Å². The van der Waals surface area contributed by atoms with Gasteiger partial charge < -0.3 is 10.2 Å². The Kier molecular flexibility index (Phi) is 6.04. The van der Waals surface area contributed by atoms with Crippen molar-refractivity contribution in [2.45, 2.75) is 19.5 Å². The highest BCUT2D eigenvalue weighted by atomic mass is 35.5. The van der Waals surface area contributed by atoms with E-state index in [1.807, 2.05) is 36.1 Å². The maximum Gasteiger partial charge on any atom is 0.257 e. The van der Waals surface area contributed by atoms with Gasteiger partial charge in [-0.1, -0.05) is 23.7 Å². The van der Waals surface area contributed by atoms with Crippen molar-refractivity contribution in [3.8, 4) is 0 Å². The fourth-order valence-corrected chi connectivity index (χ4v) is 2.97. The summed E-state index contributed by atoms with van der Waals surface area (Å²) in [5, 5.41) is 8.23. The van der Waals surface area contributed by atoms with Gasteiger partial charge >= 0.3 is 0 Å². The van der Waals surface area contributed by atoms with Gasteiger partial charge in [-0.25, -0.2) is 0 Å². The Morgan fingerprint density at radius 3 is 3.00 bits per heavy atom. The normalized spacial score (nSPS) is 17.7. The van der Waals surface area contributed by atoms with E-state index in [2.05, 4.69) is 10.4 Å². The summed E-state index contributed by atoms with van der Waals surface area (Å²) >= 11 is 6.09. The van der Waals surface area contributed by atoms with E-state index in [1.54, 1.807) is 17.1 Å². The number of carbonyl (C=O) groups excluding carboxylic acids is 1. The fourth-order valence-electron chi connectivity index (χ4n) is 2.77. The van der Waals surface area contributed by atoms with Crippen LogP contribution >= 0.6 is 24.0 Å². The lowest BCUT2D eigenvalue weighted by Gasteiger charge is -2.36. The highest BCUT2D eigenvalue weighted by molar-refractivity contribution is 6.30. The first-order valence-corrected chi connectivity index (χ1v) is 7.86. The molecule has 0 radical (unpaired) electrons. The molecule has 0 aliphatic carbocycles. The van der Waals surface area contributed by atoms with E-state index < -0.39 is 0 Å². The summed E-state index contributed by atoms with van der Waals surface area (Å²) in [5.74, 6) is 0.0196. The van der Waals surface area contributed by atoms with Gasteiger partial charge in [0, 0.05) is 37.4 Å². The zero-order chi connectivity index (χ0) is 15.5. The minimum Gasteiger partial charge on any atom is -0.329 e. The highest BCUT2D eigenvalue weighted by Gasteiger charge is 2.29. The van der Waals surface area contributed by atoms with Gasteiger partial charge in [-0.05, 0) is 24.6 Å². The second-order valence-corrected chi connectivity index (χ2v) is 5.79. The minimum atomic E-state index is -0.00933. The van der Waals surface area contributed by atoms with Crippen LogP contribution in [-0.2, 0) is 6.54 Å². The van der Waals surface area contributed by atoms with E-state index in [0.717, 1.165) is 25.2 Å². The quantitative estimate of drug-likeness (QED) is 0.921. The molecule has 1 unspecified atom stereocenters. The van der Waals surface area contributed by atoms with E-state index in [0.29, 0.717) is 17.1 Å². The lowest BCUT2D eigenvalue weighted by molar-refractivity contribution is 0.0634. The molecule has 0 saturated carbocycles. The highest BCUT2D eigenvalue weighted by Crippen LogP contribution is 2.26. The lowest BCUT2D eigenvalue weighted by atomic mass is 10.0. The molecule has 2 heterocycles. The third-order valence-electron chi connectivity index (χ3n) is 3.94. The first kappa shape index (κ1) is 17.8. The van der Waals surface area contributed by atoms with Crippen molar-refractivity contribution in [1.29, 1.82) is 0 Å². The van der Waals surface area contributed by atoms with Crippen molar-refractivity contribution in [3.63, 3.8) is 0 Å². The number of aromatic nitrogens is 2. The minimum absolute atomic E-state index is 0. The summed E-state index contributed by atoms with van der Waals surface area (Å²) in [5.41, 5.74) is 1.69. The molecular weight excluding hydrogens is 335 g/mol. The Morgan fingerprint density at radius 2 is 2.30 bits per heavy atom. The number of amides is 1. The van der Waals surface area contributed by atoms with Gasteiger partial charge in [-0.15, -0.1) is 12.4 Å².